The molecular weight excluding hydrogens is 579 g/mol. The molecule has 1 atom stereocenters. The lowest BCUT2D eigenvalue weighted by Crippen LogP contribution is -2.39. The zero-order valence-electron chi connectivity index (χ0n) is 21.6. The highest BCUT2D eigenvalue weighted by Crippen LogP contribution is 2.33. The number of aromatic nitrogens is 1. The molecule has 1 saturated carbocycles. The predicted octanol–water partition coefficient (Wildman–Crippen LogP) is 3.20. The first-order chi connectivity index (χ1) is 19.1. The van der Waals surface area contributed by atoms with Crippen LogP contribution < -0.4 is 10.7 Å². The van der Waals surface area contributed by atoms with Gasteiger partial charge in [-0.2, -0.15) is 13.5 Å². The third-order valence-electron chi connectivity index (χ3n) is 6.86. The molecule has 5 rings (SSSR count). The van der Waals surface area contributed by atoms with E-state index in [0.717, 1.165) is 12.8 Å². The van der Waals surface area contributed by atoms with Crippen LogP contribution in [0.25, 0.3) is 0 Å². The number of aryl methyl sites for hydroxylation is 1. The van der Waals surface area contributed by atoms with Gasteiger partial charge in [-0.15, -0.1) is 0 Å². The average molecular weight is 606 g/mol. The average Bonchev–Trinajstić information content (AvgIpc) is 3.66. The quantitative estimate of drug-likeness (QED) is 0.410. The van der Waals surface area contributed by atoms with E-state index in [1.165, 1.54) is 17.1 Å². The first-order valence-electron chi connectivity index (χ1n) is 12.4. The molecule has 0 radical (unpaired) electrons. The minimum Gasteiger partial charge on any atom is -0.365 e. The van der Waals surface area contributed by atoms with Crippen LogP contribution in [0.5, 0.6) is 0 Å². The zero-order valence-corrected chi connectivity index (χ0v) is 24.0. The van der Waals surface area contributed by atoms with Crippen LogP contribution in [0.4, 0.5) is 5.69 Å². The molecule has 2 N–H and O–H groups in total. The lowest BCUT2D eigenvalue weighted by molar-refractivity contribution is -0.113. The highest BCUT2D eigenvalue weighted by atomic mass is 35.5. The van der Waals surface area contributed by atoms with Crippen molar-refractivity contribution in [2.45, 2.75) is 31.7 Å². The maximum absolute atomic E-state index is 13.5. The summed E-state index contributed by atoms with van der Waals surface area (Å²) >= 11 is 12.7. The Hall–Kier alpha value is -3.61. The largest absolute Gasteiger partial charge is 0.365 e. The van der Waals surface area contributed by atoms with E-state index in [1.54, 1.807) is 49.3 Å². The molecule has 1 aromatic heterocycles. The molecule has 1 aliphatic carbocycles. The van der Waals surface area contributed by atoms with Gasteiger partial charge in [0.2, 0.25) is 5.88 Å². The molecule has 11 nitrogen and oxygen atoms in total. The van der Waals surface area contributed by atoms with Crippen molar-refractivity contribution >= 4 is 57.5 Å². The first kappa shape index (κ1) is 27.9. The van der Waals surface area contributed by atoms with Crippen molar-refractivity contribution in [1.82, 2.24) is 20.2 Å². The number of hydrogen-bond donors (Lipinski definition) is 3. The Bertz CT molecular complexity index is 1540. The second kappa shape index (κ2) is 11.5. The van der Waals surface area contributed by atoms with Crippen molar-refractivity contribution in [3.8, 4) is 0 Å². The number of benzene rings is 1. The smallest absolute Gasteiger partial charge is 0.300 e. The summed E-state index contributed by atoms with van der Waals surface area (Å²) in [7, 11) is -1.51. The van der Waals surface area contributed by atoms with Gasteiger partial charge >= 0.3 is 11.0 Å². The number of anilines is 1. The number of amides is 2. The second-order valence-corrected chi connectivity index (χ2v) is 11.1. The van der Waals surface area contributed by atoms with Gasteiger partial charge in [0.1, 0.15) is 5.84 Å². The molecule has 0 saturated heterocycles. The number of amidine groups is 1. The molecule has 0 bridgehead atoms. The second-order valence-electron chi connectivity index (χ2n) is 9.60. The third kappa shape index (κ3) is 5.79. The summed E-state index contributed by atoms with van der Waals surface area (Å²) in [5, 5.41) is 8.02. The summed E-state index contributed by atoms with van der Waals surface area (Å²) in [5.74, 6) is -0.810. The van der Waals surface area contributed by atoms with Crippen LogP contribution in [0.15, 0.2) is 59.2 Å². The van der Waals surface area contributed by atoms with E-state index >= 15 is 0 Å². The lowest BCUT2D eigenvalue weighted by Gasteiger charge is -2.30. The number of hydrazone groups is 1. The summed E-state index contributed by atoms with van der Waals surface area (Å²) < 4.78 is 28.0. The number of thiol groups is 1. The molecular formula is C26H26Cl2N6O5S. The Labute approximate surface area is 242 Å². The van der Waals surface area contributed by atoms with Crippen LogP contribution in [-0.2, 0) is 20.0 Å². The molecule has 2 aromatic rings. The molecule has 3 aliphatic rings. The molecule has 1 unspecified atom stereocenters. The summed E-state index contributed by atoms with van der Waals surface area (Å²) in [6, 6.07) is 6.79. The van der Waals surface area contributed by atoms with Crippen molar-refractivity contribution in [3.05, 3.63) is 80.9 Å². The number of nitrogens with zero attached hydrogens (tertiary/aromatic N) is 4. The molecule has 2 amide bonds. The molecule has 3 heterocycles. The first-order valence-corrected chi connectivity index (χ1v) is 14.3. The van der Waals surface area contributed by atoms with E-state index in [-0.39, 0.29) is 35.5 Å². The highest BCUT2D eigenvalue weighted by molar-refractivity contribution is 7.67. The van der Waals surface area contributed by atoms with Crippen molar-refractivity contribution < 1.29 is 22.2 Å². The minimum atomic E-state index is -3.25. The van der Waals surface area contributed by atoms with Gasteiger partial charge in [0.15, 0.2) is 0 Å². The number of carbonyl (C=O) groups excluding carboxylic acids is 2. The molecule has 1 aromatic carbocycles. The number of nitrogens with one attached hydrogen (secondary N) is 2. The number of carbonyl (C=O) groups is 2. The van der Waals surface area contributed by atoms with E-state index < -0.39 is 22.8 Å². The summed E-state index contributed by atoms with van der Waals surface area (Å²) in [6.45, 7) is 2.04. The summed E-state index contributed by atoms with van der Waals surface area (Å²) in [6.07, 6.45) is 6.31. The number of halogens is 2. The van der Waals surface area contributed by atoms with Gasteiger partial charge in [-0.25, -0.2) is 0 Å². The van der Waals surface area contributed by atoms with Gasteiger partial charge in [-0.05, 0) is 55.7 Å². The van der Waals surface area contributed by atoms with Crippen LogP contribution in [0.3, 0.4) is 0 Å². The van der Waals surface area contributed by atoms with Gasteiger partial charge in [0.25, 0.3) is 11.8 Å². The van der Waals surface area contributed by atoms with Gasteiger partial charge in [-0.3, -0.25) is 19.5 Å². The lowest BCUT2D eigenvalue weighted by atomic mass is 10.0. The minimum absolute atomic E-state index is 0.0308. The molecule has 14 heteroatoms. The SMILES string of the molecule is Cc1cc(Cl)cc(C(=O)N(C)C2CC2)c1NC(=O)C1=CC=C(O[SH](=O)=O)N(C2=NNCC2c2ncccc2Cl)C1. The number of allylic oxidation sites excluding steroid dienone is 2. The summed E-state index contributed by atoms with van der Waals surface area (Å²) in [5.41, 5.74) is 4.98. The van der Waals surface area contributed by atoms with Crippen LogP contribution in [0.2, 0.25) is 10.0 Å². The Morgan fingerprint density at radius 2 is 2.00 bits per heavy atom. The van der Waals surface area contributed by atoms with Crippen LogP contribution in [-0.4, -0.2) is 67.0 Å². The Morgan fingerprint density at radius 1 is 1.23 bits per heavy atom. The third-order valence-corrected chi connectivity index (χ3v) is 7.73. The van der Waals surface area contributed by atoms with Crippen LogP contribution >= 0.6 is 23.2 Å². The van der Waals surface area contributed by atoms with E-state index in [0.29, 0.717) is 39.4 Å². The maximum atomic E-state index is 13.5. The Kier molecular flexibility index (Phi) is 8.02. The summed E-state index contributed by atoms with van der Waals surface area (Å²) in [4.78, 5) is 34.3. The molecule has 40 heavy (non-hydrogen) atoms. The monoisotopic (exact) mass is 604 g/mol. The van der Waals surface area contributed by atoms with Crippen molar-refractivity contribution in [3.63, 3.8) is 0 Å². The predicted molar refractivity (Wildman–Crippen MR) is 152 cm³/mol. The number of pyridine rings is 1. The fraction of sp³-hybridized carbons (Fsp3) is 0.308. The van der Waals surface area contributed by atoms with E-state index in [9.17, 15) is 18.0 Å². The maximum Gasteiger partial charge on any atom is 0.300 e. The molecule has 2 aliphatic heterocycles. The number of hydrogen-bond acceptors (Lipinski definition) is 9. The van der Waals surface area contributed by atoms with Gasteiger partial charge in [-0.1, -0.05) is 23.2 Å². The van der Waals surface area contributed by atoms with Gasteiger partial charge < -0.3 is 19.8 Å². The van der Waals surface area contributed by atoms with E-state index in [1.807, 2.05) is 0 Å². The zero-order chi connectivity index (χ0) is 28.6. The highest BCUT2D eigenvalue weighted by Gasteiger charge is 2.36. The fourth-order valence-electron chi connectivity index (χ4n) is 4.66. The number of rotatable bonds is 7. The Balaban J connectivity index is 1.44. The van der Waals surface area contributed by atoms with Crippen molar-refractivity contribution in [2.24, 2.45) is 5.10 Å². The normalized spacial score (nSPS) is 18.5. The van der Waals surface area contributed by atoms with E-state index in [4.69, 9.17) is 27.4 Å². The van der Waals surface area contributed by atoms with Gasteiger partial charge in [0.05, 0.1) is 34.4 Å². The van der Waals surface area contributed by atoms with Crippen LogP contribution in [0.1, 0.15) is 40.4 Å². The fourth-order valence-corrected chi connectivity index (χ4v) is 5.50. The van der Waals surface area contributed by atoms with Crippen LogP contribution in [0, 0.1) is 6.92 Å². The van der Waals surface area contributed by atoms with E-state index in [2.05, 4.69) is 20.8 Å². The van der Waals surface area contributed by atoms with Crippen molar-refractivity contribution in [1.29, 1.82) is 0 Å². The molecule has 210 valence electrons. The molecule has 0 spiro atoms. The van der Waals surface area contributed by atoms with Crippen molar-refractivity contribution in [2.75, 3.05) is 25.5 Å². The molecule has 1 fully saturated rings. The van der Waals surface area contributed by atoms with Gasteiger partial charge in [0, 0.05) is 42.5 Å². The topological polar surface area (TPSA) is 133 Å². The Morgan fingerprint density at radius 3 is 2.70 bits per heavy atom. The standard InChI is InChI=1S/C26H26Cl2N6O5S/c1-14-10-16(27)11-18(26(36)33(2)17-6-7-17)22(14)31-25(35)15-5-8-21(39-40(37)38)34(13-15)24-19(12-30-32-24)23-20(28)4-3-9-29-23/h3-5,8-11,17,19,30,40H,6-7,12-13H2,1-2H3,(H,31,35).